The van der Waals surface area contributed by atoms with E-state index in [9.17, 15) is 0 Å². The van der Waals surface area contributed by atoms with Crippen molar-refractivity contribution in [2.75, 3.05) is 18.2 Å². The number of methoxy groups -OCH3 is 1. The van der Waals surface area contributed by atoms with Crippen LogP contribution in [0, 0.1) is 0 Å². The van der Waals surface area contributed by atoms with Gasteiger partial charge in [-0.1, -0.05) is 24.3 Å². The first-order chi connectivity index (χ1) is 10.3. The van der Waals surface area contributed by atoms with Crippen molar-refractivity contribution in [1.29, 1.82) is 0 Å². The van der Waals surface area contributed by atoms with Gasteiger partial charge in [0, 0.05) is 29.4 Å². The van der Waals surface area contributed by atoms with Gasteiger partial charge in [-0.15, -0.1) is 0 Å². The van der Waals surface area contributed by atoms with Gasteiger partial charge in [0.15, 0.2) is 0 Å². The lowest BCUT2D eigenvalue weighted by Gasteiger charge is -2.11. The number of nitrogens with two attached hydrogens (primary N) is 1. The Morgan fingerprint density at radius 3 is 2.86 bits per heavy atom. The van der Waals surface area contributed by atoms with E-state index in [1.165, 1.54) is 0 Å². The molecule has 4 nitrogen and oxygen atoms in total. The average Bonchev–Trinajstić information content (AvgIpc) is 2.53. The summed E-state index contributed by atoms with van der Waals surface area (Å²) >= 11 is 0. The van der Waals surface area contributed by atoms with Crippen LogP contribution in [0.3, 0.4) is 0 Å². The maximum Gasteiger partial charge on any atom is 0.134 e. The van der Waals surface area contributed by atoms with E-state index < -0.39 is 0 Å². The number of nitrogens with one attached hydrogen (secondary N) is 1. The first-order valence-corrected chi connectivity index (χ1v) is 6.78. The number of aromatic nitrogens is 1. The summed E-state index contributed by atoms with van der Waals surface area (Å²) in [6, 6.07) is 15.7. The van der Waals surface area contributed by atoms with E-state index in [-0.39, 0.29) is 0 Å². The number of pyridine rings is 1. The van der Waals surface area contributed by atoms with Crippen LogP contribution >= 0.6 is 0 Å². The topological polar surface area (TPSA) is 60.2 Å². The van der Waals surface area contributed by atoms with E-state index >= 15 is 0 Å². The largest absolute Gasteiger partial charge is 0.496 e. The normalized spacial score (nSPS) is 10.5. The Morgan fingerprint density at radius 2 is 2.00 bits per heavy atom. The Balaban J connectivity index is 1.90. The third-order valence-corrected chi connectivity index (χ3v) is 3.43. The summed E-state index contributed by atoms with van der Waals surface area (Å²) in [6.07, 6.45) is 1.79. The van der Waals surface area contributed by atoms with Crippen LogP contribution in [0.4, 0.5) is 11.5 Å². The van der Waals surface area contributed by atoms with E-state index in [0.29, 0.717) is 6.54 Å². The Hall–Kier alpha value is -2.75. The second kappa shape index (κ2) is 5.71. The molecular formula is C17H17N3O. The molecule has 0 unspecified atom stereocenters. The van der Waals surface area contributed by atoms with Crippen molar-refractivity contribution in [3.05, 3.63) is 60.3 Å². The minimum absolute atomic E-state index is 0.644. The van der Waals surface area contributed by atoms with Gasteiger partial charge in [-0.25, -0.2) is 4.98 Å². The number of nitrogens with zero attached hydrogens (tertiary/aromatic N) is 1. The van der Waals surface area contributed by atoms with Gasteiger partial charge in [0.1, 0.15) is 11.6 Å². The molecule has 3 rings (SSSR count). The number of hydrogen-bond donors (Lipinski definition) is 2. The van der Waals surface area contributed by atoms with E-state index in [0.717, 1.165) is 33.6 Å². The molecule has 1 heterocycles. The summed E-state index contributed by atoms with van der Waals surface area (Å²) in [4.78, 5) is 4.41. The average molecular weight is 279 g/mol. The molecule has 3 N–H and O–H groups in total. The predicted molar refractivity (Wildman–Crippen MR) is 86.5 cm³/mol. The highest BCUT2D eigenvalue weighted by molar-refractivity contribution is 5.93. The fourth-order valence-corrected chi connectivity index (χ4v) is 2.35. The van der Waals surface area contributed by atoms with Gasteiger partial charge in [-0.3, -0.25) is 0 Å². The summed E-state index contributed by atoms with van der Waals surface area (Å²) in [5.41, 5.74) is 7.69. The van der Waals surface area contributed by atoms with Crippen LogP contribution in [0.1, 0.15) is 5.56 Å². The van der Waals surface area contributed by atoms with E-state index in [4.69, 9.17) is 10.5 Å². The highest BCUT2D eigenvalue weighted by atomic mass is 16.5. The second-order valence-corrected chi connectivity index (χ2v) is 4.81. The fraction of sp³-hybridized carbons (Fsp3) is 0.118. The van der Waals surface area contributed by atoms with Crippen LogP contribution in [-0.2, 0) is 6.54 Å². The van der Waals surface area contributed by atoms with Crippen molar-refractivity contribution >= 4 is 22.3 Å². The molecule has 0 aliphatic carbocycles. The quantitative estimate of drug-likeness (QED) is 0.718. The van der Waals surface area contributed by atoms with Crippen molar-refractivity contribution in [2.24, 2.45) is 0 Å². The first kappa shape index (κ1) is 13.2. The number of rotatable bonds is 4. The SMILES string of the molecule is COc1ccccc1CNc1nccc2ccc(N)cc12. The molecule has 2 aromatic carbocycles. The molecule has 0 aliphatic heterocycles. The summed E-state index contributed by atoms with van der Waals surface area (Å²) in [7, 11) is 1.68. The third kappa shape index (κ3) is 2.74. The van der Waals surface area contributed by atoms with Crippen LogP contribution in [0.5, 0.6) is 5.75 Å². The Bertz CT molecular complexity index is 771. The van der Waals surface area contributed by atoms with Crippen molar-refractivity contribution < 1.29 is 4.74 Å². The standard InChI is InChI=1S/C17H17N3O/c1-21-16-5-3-2-4-13(16)11-20-17-15-10-14(18)7-6-12(15)8-9-19-17/h2-10H,11,18H2,1H3,(H,19,20). The zero-order valence-electron chi connectivity index (χ0n) is 11.8. The van der Waals surface area contributed by atoms with Crippen LogP contribution in [0.2, 0.25) is 0 Å². The Morgan fingerprint density at radius 1 is 1.14 bits per heavy atom. The molecule has 0 saturated heterocycles. The van der Waals surface area contributed by atoms with Crippen LogP contribution in [-0.4, -0.2) is 12.1 Å². The molecular weight excluding hydrogens is 262 g/mol. The van der Waals surface area contributed by atoms with Crippen molar-refractivity contribution in [1.82, 2.24) is 4.98 Å². The van der Waals surface area contributed by atoms with E-state index in [2.05, 4.69) is 10.3 Å². The smallest absolute Gasteiger partial charge is 0.134 e. The highest BCUT2D eigenvalue weighted by Crippen LogP contribution is 2.25. The molecule has 0 fully saturated rings. The van der Waals surface area contributed by atoms with Gasteiger partial charge in [0.2, 0.25) is 0 Å². The number of ether oxygens (including phenoxy) is 1. The molecule has 106 valence electrons. The predicted octanol–water partition coefficient (Wildman–Crippen LogP) is 3.44. The molecule has 0 amide bonds. The van der Waals surface area contributed by atoms with Crippen LogP contribution in [0.25, 0.3) is 10.8 Å². The summed E-state index contributed by atoms with van der Waals surface area (Å²) < 4.78 is 5.36. The van der Waals surface area contributed by atoms with Gasteiger partial charge in [-0.2, -0.15) is 0 Å². The van der Waals surface area contributed by atoms with Crippen molar-refractivity contribution in [2.45, 2.75) is 6.54 Å². The number of nitrogen functional groups attached to an aromatic ring is 1. The lowest BCUT2D eigenvalue weighted by Crippen LogP contribution is -2.03. The lowest BCUT2D eigenvalue weighted by atomic mass is 10.1. The molecule has 1 aromatic heterocycles. The highest BCUT2D eigenvalue weighted by Gasteiger charge is 2.05. The van der Waals surface area contributed by atoms with Gasteiger partial charge >= 0.3 is 0 Å². The lowest BCUT2D eigenvalue weighted by molar-refractivity contribution is 0.410. The number of para-hydroxylation sites is 1. The van der Waals surface area contributed by atoms with Crippen molar-refractivity contribution in [3.63, 3.8) is 0 Å². The third-order valence-electron chi connectivity index (χ3n) is 3.43. The fourth-order valence-electron chi connectivity index (χ4n) is 2.35. The zero-order valence-corrected chi connectivity index (χ0v) is 11.8. The zero-order chi connectivity index (χ0) is 14.7. The number of fused-ring (bicyclic) bond motifs is 1. The van der Waals surface area contributed by atoms with Crippen LogP contribution in [0.15, 0.2) is 54.7 Å². The molecule has 0 aliphatic rings. The molecule has 0 saturated carbocycles. The number of benzene rings is 2. The molecule has 0 spiro atoms. The van der Waals surface area contributed by atoms with Gasteiger partial charge < -0.3 is 15.8 Å². The van der Waals surface area contributed by atoms with Crippen LogP contribution < -0.4 is 15.8 Å². The Kier molecular flexibility index (Phi) is 3.60. The number of hydrogen-bond acceptors (Lipinski definition) is 4. The molecule has 0 radical (unpaired) electrons. The van der Waals surface area contributed by atoms with E-state index in [1.54, 1.807) is 13.3 Å². The van der Waals surface area contributed by atoms with Gasteiger partial charge in [0.05, 0.1) is 7.11 Å². The minimum Gasteiger partial charge on any atom is -0.496 e. The summed E-state index contributed by atoms with van der Waals surface area (Å²) in [5.74, 6) is 1.69. The molecule has 0 bridgehead atoms. The molecule has 21 heavy (non-hydrogen) atoms. The maximum atomic E-state index is 5.87. The van der Waals surface area contributed by atoms with Gasteiger partial charge in [0.25, 0.3) is 0 Å². The van der Waals surface area contributed by atoms with Gasteiger partial charge in [-0.05, 0) is 29.7 Å². The maximum absolute atomic E-state index is 5.87. The molecule has 3 aromatic rings. The van der Waals surface area contributed by atoms with Crippen molar-refractivity contribution in [3.8, 4) is 5.75 Å². The molecule has 4 heteroatoms. The first-order valence-electron chi connectivity index (χ1n) is 6.78. The molecule has 0 atom stereocenters. The summed E-state index contributed by atoms with van der Waals surface area (Å²) in [5, 5.41) is 5.49. The second-order valence-electron chi connectivity index (χ2n) is 4.81. The number of anilines is 2. The Labute approximate surface area is 123 Å². The van der Waals surface area contributed by atoms with E-state index in [1.807, 2.05) is 48.5 Å². The minimum atomic E-state index is 0.644. The summed E-state index contributed by atoms with van der Waals surface area (Å²) in [6.45, 7) is 0.644. The monoisotopic (exact) mass is 279 g/mol.